The van der Waals surface area contributed by atoms with Gasteiger partial charge in [-0.2, -0.15) is 4.98 Å². The van der Waals surface area contributed by atoms with Gasteiger partial charge in [0.2, 0.25) is 0 Å². The minimum Gasteiger partial charge on any atom is -0.417 e. The average Bonchev–Trinajstić information content (AvgIpc) is 3.18. The Morgan fingerprint density at radius 2 is 2.24 bits per heavy atom. The van der Waals surface area contributed by atoms with Crippen LogP contribution in [0.15, 0.2) is 33.4 Å². The molecule has 21 heavy (non-hydrogen) atoms. The van der Waals surface area contributed by atoms with E-state index in [2.05, 4.69) is 46.1 Å². The summed E-state index contributed by atoms with van der Waals surface area (Å²) in [4.78, 5) is 4.37. The zero-order valence-electron chi connectivity index (χ0n) is 12.2. The first kappa shape index (κ1) is 14.6. The Labute approximate surface area is 133 Å². The van der Waals surface area contributed by atoms with Crippen LogP contribution < -0.4 is 10.1 Å². The van der Waals surface area contributed by atoms with Crippen LogP contribution in [-0.2, 0) is 6.54 Å². The molecule has 0 amide bonds. The largest absolute Gasteiger partial charge is 0.417 e. The van der Waals surface area contributed by atoms with Crippen molar-refractivity contribution in [3.05, 3.63) is 40.2 Å². The second-order valence-electron chi connectivity index (χ2n) is 5.70. The predicted molar refractivity (Wildman–Crippen MR) is 84.7 cm³/mol. The number of nitrogens with zero attached hydrogens (tertiary/aromatic N) is 1. The molecular formula is C16H19BrN2O2. The van der Waals surface area contributed by atoms with E-state index in [1.54, 1.807) is 6.26 Å². The summed E-state index contributed by atoms with van der Waals surface area (Å²) in [6, 6.07) is 6.62. The molecule has 2 aromatic rings. The predicted octanol–water partition coefficient (Wildman–Crippen LogP) is 4.60. The van der Waals surface area contributed by atoms with Gasteiger partial charge in [-0.25, -0.2) is 0 Å². The molecule has 0 bridgehead atoms. The molecule has 0 spiro atoms. The summed E-state index contributed by atoms with van der Waals surface area (Å²) in [6.07, 6.45) is 4.47. The lowest BCUT2D eigenvalue weighted by molar-refractivity contribution is 0.327. The molecule has 112 valence electrons. The maximum Gasteiger partial charge on any atom is 0.399 e. The normalized spacial score (nSPS) is 14.7. The summed E-state index contributed by atoms with van der Waals surface area (Å²) in [5, 5.41) is 3.40. The Balaban J connectivity index is 1.70. The van der Waals surface area contributed by atoms with E-state index in [9.17, 15) is 0 Å². The van der Waals surface area contributed by atoms with E-state index < -0.39 is 0 Å². The third-order valence-electron chi connectivity index (χ3n) is 3.47. The second kappa shape index (κ2) is 6.20. The van der Waals surface area contributed by atoms with Gasteiger partial charge < -0.3 is 14.5 Å². The fraction of sp³-hybridized carbons (Fsp3) is 0.438. The molecule has 5 heteroatoms. The number of ether oxygens (including phenoxy) is 1. The van der Waals surface area contributed by atoms with Crippen molar-refractivity contribution in [2.45, 2.75) is 45.2 Å². The molecule has 3 rings (SSSR count). The molecule has 1 heterocycles. The number of hydrogen-bond donors (Lipinski definition) is 1. The van der Waals surface area contributed by atoms with Crippen molar-refractivity contribution < 1.29 is 9.15 Å². The number of halogens is 1. The van der Waals surface area contributed by atoms with Crippen LogP contribution in [0.5, 0.6) is 11.8 Å². The van der Waals surface area contributed by atoms with Gasteiger partial charge in [0.15, 0.2) is 0 Å². The van der Waals surface area contributed by atoms with Crippen molar-refractivity contribution in [2.75, 3.05) is 0 Å². The molecule has 4 nitrogen and oxygen atoms in total. The van der Waals surface area contributed by atoms with Crippen molar-refractivity contribution in [1.29, 1.82) is 0 Å². The lowest BCUT2D eigenvalue weighted by Crippen LogP contribution is -2.15. The van der Waals surface area contributed by atoms with Crippen LogP contribution in [-0.4, -0.2) is 11.0 Å². The van der Waals surface area contributed by atoms with Gasteiger partial charge in [-0.05, 0) is 42.5 Å². The molecule has 1 fully saturated rings. The number of aromatic nitrogens is 1. The lowest BCUT2D eigenvalue weighted by Gasteiger charge is -2.11. The zero-order chi connectivity index (χ0) is 14.8. The first-order chi connectivity index (χ1) is 10.1. The summed E-state index contributed by atoms with van der Waals surface area (Å²) in [7, 11) is 0. The smallest absolute Gasteiger partial charge is 0.399 e. The van der Waals surface area contributed by atoms with Crippen molar-refractivity contribution >= 4 is 15.9 Å². The summed E-state index contributed by atoms with van der Waals surface area (Å²) in [5.74, 6) is 1.15. The maximum atomic E-state index is 5.80. The van der Waals surface area contributed by atoms with Gasteiger partial charge in [0.1, 0.15) is 12.0 Å². The van der Waals surface area contributed by atoms with Crippen LogP contribution >= 0.6 is 15.9 Å². The van der Waals surface area contributed by atoms with Crippen LogP contribution in [0.3, 0.4) is 0 Å². The fourth-order valence-corrected chi connectivity index (χ4v) is 2.49. The van der Waals surface area contributed by atoms with Gasteiger partial charge in [0.05, 0.1) is 5.69 Å². The van der Waals surface area contributed by atoms with E-state index in [0.717, 1.165) is 28.0 Å². The highest BCUT2D eigenvalue weighted by Crippen LogP contribution is 2.32. The molecule has 0 unspecified atom stereocenters. The van der Waals surface area contributed by atoms with Crippen LogP contribution in [0.25, 0.3) is 0 Å². The molecule has 0 atom stereocenters. The Hall–Kier alpha value is -1.33. The quantitative estimate of drug-likeness (QED) is 0.826. The minimum absolute atomic E-state index is 0.298. The third-order valence-corrected chi connectivity index (χ3v) is 3.96. The Morgan fingerprint density at radius 1 is 1.43 bits per heavy atom. The standard InChI is InChI=1S/C16H19BrN2O2/c1-10(2)14-7-11(17)3-6-15(14)21-16-19-13(9-20-16)8-18-12-4-5-12/h3,6-7,9-10,12,18H,4-5,8H2,1-2H3. The highest BCUT2D eigenvalue weighted by Gasteiger charge is 2.21. The second-order valence-corrected chi connectivity index (χ2v) is 6.61. The molecule has 1 N–H and O–H groups in total. The Kier molecular flexibility index (Phi) is 4.31. The van der Waals surface area contributed by atoms with E-state index in [-0.39, 0.29) is 0 Å². The Morgan fingerprint density at radius 3 is 2.95 bits per heavy atom. The molecule has 1 aromatic carbocycles. The number of nitrogens with one attached hydrogen (secondary N) is 1. The van der Waals surface area contributed by atoms with Crippen molar-refractivity contribution in [2.24, 2.45) is 0 Å². The molecule has 1 aliphatic rings. The molecular weight excluding hydrogens is 332 g/mol. The first-order valence-electron chi connectivity index (χ1n) is 7.27. The van der Waals surface area contributed by atoms with Crippen molar-refractivity contribution in [3.63, 3.8) is 0 Å². The molecule has 0 aliphatic heterocycles. The summed E-state index contributed by atoms with van der Waals surface area (Å²) >= 11 is 3.49. The molecule has 1 saturated carbocycles. The van der Waals surface area contributed by atoms with Gasteiger partial charge in [0, 0.05) is 17.1 Å². The number of benzene rings is 1. The van der Waals surface area contributed by atoms with Crippen LogP contribution in [0.1, 0.15) is 43.9 Å². The molecule has 0 saturated heterocycles. The highest BCUT2D eigenvalue weighted by atomic mass is 79.9. The zero-order valence-corrected chi connectivity index (χ0v) is 13.8. The van der Waals surface area contributed by atoms with Gasteiger partial charge in [-0.3, -0.25) is 0 Å². The van der Waals surface area contributed by atoms with Crippen LogP contribution in [0, 0.1) is 0 Å². The van der Waals surface area contributed by atoms with E-state index in [0.29, 0.717) is 18.0 Å². The van der Waals surface area contributed by atoms with Gasteiger partial charge in [-0.15, -0.1) is 0 Å². The van der Waals surface area contributed by atoms with E-state index in [4.69, 9.17) is 9.15 Å². The van der Waals surface area contributed by atoms with E-state index >= 15 is 0 Å². The molecule has 1 aromatic heterocycles. The van der Waals surface area contributed by atoms with Crippen LogP contribution in [0.4, 0.5) is 0 Å². The summed E-state index contributed by atoms with van der Waals surface area (Å²) < 4.78 is 12.2. The van der Waals surface area contributed by atoms with Crippen molar-refractivity contribution in [3.8, 4) is 11.8 Å². The average molecular weight is 351 g/mol. The summed E-state index contributed by atoms with van der Waals surface area (Å²) in [6.45, 7) is 5.00. The minimum atomic E-state index is 0.298. The molecule has 1 aliphatic carbocycles. The first-order valence-corrected chi connectivity index (χ1v) is 8.06. The highest BCUT2D eigenvalue weighted by molar-refractivity contribution is 9.10. The van der Waals surface area contributed by atoms with Crippen molar-refractivity contribution in [1.82, 2.24) is 10.3 Å². The number of oxazole rings is 1. The maximum absolute atomic E-state index is 5.80. The van der Waals surface area contributed by atoms with E-state index in [1.807, 2.05) is 12.1 Å². The number of rotatable bonds is 6. The topological polar surface area (TPSA) is 47.3 Å². The number of hydrogen-bond acceptors (Lipinski definition) is 4. The lowest BCUT2D eigenvalue weighted by atomic mass is 10.0. The van der Waals surface area contributed by atoms with Gasteiger partial charge >= 0.3 is 6.08 Å². The molecule has 0 radical (unpaired) electrons. The van der Waals surface area contributed by atoms with E-state index in [1.165, 1.54) is 12.8 Å². The summed E-state index contributed by atoms with van der Waals surface area (Å²) in [5.41, 5.74) is 2.00. The third kappa shape index (κ3) is 3.86. The Bertz CT molecular complexity index is 620. The van der Waals surface area contributed by atoms with Gasteiger partial charge in [0.25, 0.3) is 0 Å². The van der Waals surface area contributed by atoms with Gasteiger partial charge in [-0.1, -0.05) is 29.8 Å². The van der Waals surface area contributed by atoms with Crippen LogP contribution in [0.2, 0.25) is 0 Å². The monoisotopic (exact) mass is 350 g/mol. The SMILES string of the molecule is CC(C)c1cc(Br)ccc1Oc1nc(CNC2CC2)co1. The fourth-order valence-electron chi connectivity index (χ4n) is 2.11.